The Kier molecular flexibility index (Phi) is 15.4. The van der Waals surface area contributed by atoms with E-state index in [-0.39, 0.29) is 18.7 Å². The minimum Gasteiger partial charge on any atom is -0.462 e. The lowest BCUT2D eigenvalue weighted by atomic mass is 10.0. The third-order valence-corrected chi connectivity index (χ3v) is 4.01. The molecule has 0 amide bonds. The van der Waals surface area contributed by atoms with Gasteiger partial charge in [0.25, 0.3) is 0 Å². The van der Waals surface area contributed by atoms with E-state index in [0.717, 1.165) is 25.7 Å². The Morgan fingerprint density at radius 2 is 1.57 bits per heavy atom. The molecule has 0 unspecified atom stereocenters. The summed E-state index contributed by atoms with van der Waals surface area (Å²) >= 11 is 0. The lowest BCUT2D eigenvalue weighted by Crippen LogP contribution is -2.25. The van der Waals surface area contributed by atoms with Crippen LogP contribution < -0.4 is 0 Å². The van der Waals surface area contributed by atoms with Crippen LogP contribution in [0.25, 0.3) is 0 Å². The van der Waals surface area contributed by atoms with Crippen molar-refractivity contribution in [2.45, 2.75) is 96.2 Å². The average molecular weight is 328 g/mol. The summed E-state index contributed by atoms with van der Waals surface area (Å²) in [6.45, 7) is 4.83. The van der Waals surface area contributed by atoms with Crippen LogP contribution >= 0.6 is 0 Å². The van der Waals surface area contributed by atoms with Crippen LogP contribution in [0.4, 0.5) is 0 Å². The second-order valence-corrected chi connectivity index (χ2v) is 6.35. The van der Waals surface area contributed by atoms with Crippen molar-refractivity contribution in [2.75, 3.05) is 6.61 Å². The first-order chi connectivity index (χ1) is 11.1. The van der Waals surface area contributed by atoms with E-state index in [9.17, 15) is 9.90 Å². The number of allylic oxidation sites excluding steroid dienone is 1. The van der Waals surface area contributed by atoms with Crippen molar-refractivity contribution in [3.8, 4) is 0 Å². The molecule has 0 heterocycles. The maximum absolute atomic E-state index is 11.1. The molecule has 0 saturated heterocycles. The minimum absolute atomic E-state index is 0.278. The first-order valence-electron chi connectivity index (χ1n) is 9.17. The molecular weight excluding hydrogens is 292 g/mol. The number of ether oxygens (including phenoxy) is 1. The number of carbonyl (C=O) groups excluding carboxylic acids is 1. The Bertz CT molecular complexity index is 291. The van der Waals surface area contributed by atoms with Gasteiger partial charge in [0.15, 0.2) is 0 Å². The molecule has 0 radical (unpaired) electrons. The van der Waals surface area contributed by atoms with Crippen molar-refractivity contribution in [1.82, 2.24) is 0 Å². The van der Waals surface area contributed by atoms with Gasteiger partial charge in [-0.25, -0.2) is 0 Å². The van der Waals surface area contributed by atoms with Crippen LogP contribution in [0.15, 0.2) is 12.7 Å². The topological polar surface area (TPSA) is 66.8 Å². The van der Waals surface area contributed by atoms with Crippen molar-refractivity contribution in [3.05, 3.63) is 12.7 Å². The molecule has 4 nitrogen and oxygen atoms in total. The van der Waals surface area contributed by atoms with Crippen LogP contribution in [0.1, 0.15) is 84.0 Å². The molecule has 0 aliphatic heterocycles. The Hall–Kier alpha value is -0.870. The SMILES string of the molecule is C=CCCCCCCCCCCC[C@@H](C[C@H](O)CO)OC(C)=O. The third kappa shape index (κ3) is 15.8. The Morgan fingerprint density at radius 1 is 1.04 bits per heavy atom. The number of hydrogen-bond acceptors (Lipinski definition) is 4. The van der Waals surface area contributed by atoms with Crippen LogP contribution in [-0.4, -0.2) is 35.0 Å². The first kappa shape index (κ1) is 22.1. The van der Waals surface area contributed by atoms with E-state index in [0.29, 0.717) is 6.42 Å². The largest absolute Gasteiger partial charge is 0.462 e. The maximum atomic E-state index is 11.1. The van der Waals surface area contributed by atoms with Gasteiger partial charge in [0.05, 0.1) is 12.7 Å². The molecular formula is C19H36O4. The number of esters is 1. The van der Waals surface area contributed by atoms with Crippen molar-refractivity contribution in [2.24, 2.45) is 0 Å². The van der Waals surface area contributed by atoms with E-state index in [1.54, 1.807) is 0 Å². The highest BCUT2D eigenvalue weighted by molar-refractivity contribution is 5.66. The molecule has 0 rings (SSSR count). The Balaban J connectivity index is 3.54. The fourth-order valence-corrected chi connectivity index (χ4v) is 2.74. The standard InChI is InChI=1S/C19H36O4/c1-3-4-5-6-7-8-9-10-11-12-13-14-19(23-17(2)21)15-18(22)16-20/h3,18-20,22H,1,4-16H2,2H3/t18-,19-/m0/s1. The predicted octanol–water partition coefficient (Wildman–Crippen LogP) is 4.14. The fourth-order valence-electron chi connectivity index (χ4n) is 2.74. The summed E-state index contributed by atoms with van der Waals surface area (Å²) in [6.07, 6.45) is 14.2. The van der Waals surface area contributed by atoms with Crippen molar-refractivity contribution in [1.29, 1.82) is 0 Å². The molecule has 136 valence electrons. The van der Waals surface area contributed by atoms with Gasteiger partial charge in [-0.05, 0) is 25.7 Å². The summed E-state index contributed by atoms with van der Waals surface area (Å²) in [6, 6.07) is 0. The summed E-state index contributed by atoms with van der Waals surface area (Å²) in [5, 5.41) is 18.4. The molecule has 0 aromatic heterocycles. The zero-order chi connectivity index (χ0) is 17.3. The molecule has 23 heavy (non-hydrogen) atoms. The highest BCUT2D eigenvalue weighted by atomic mass is 16.5. The van der Waals surface area contributed by atoms with Gasteiger partial charge in [0, 0.05) is 13.3 Å². The molecule has 0 spiro atoms. The summed E-state index contributed by atoms with van der Waals surface area (Å²) in [5.74, 6) is -0.323. The zero-order valence-electron chi connectivity index (χ0n) is 14.8. The van der Waals surface area contributed by atoms with Gasteiger partial charge in [-0.1, -0.05) is 51.0 Å². The molecule has 2 atom stereocenters. The van der Waals surface area contributed by atoms with Gasteiger partial charge in [0.1, 0.15) is 6.10 Å². The number of rotatable bonds is 16. The number of aliphatic hydroxyl groups excluding tert-OH is 2. The molecule has 2 N–H and O–H groups in total. The molecule has 0 aliphatic rings. The van der Waals surface area contributed by atoms with Gasteiger partial charge < -0.3 is 14.9 Å². The highest BCUT2D eigenvalue weighted by Crippen LogP contribution is 2.15. The minimum atomic E-state index is -0.805. The smallest absolute Gasteiger partial charge is 0.302 e. The zero-order valence-corrected chi connectivity index (χ0v) is 14.8. The van der Waals surface area contributed by atoms with E-state index in [2.05, 4.69) is 6.58 Å². The van der Waals surface area contributed by atoms with E-state index < -0.39 is 6.10 Å². The Morgan fingerprint density at radius 3 is 2.04 bits per heavy atom. The van der Waals surface area contributed by atoms with Crippen LogP contribution in [0.3, 0.4) is 0 Å². The molecule has 0 aromatic rings. The number of carbonyl (C=O) groups is 1. The second kappa shape index (κ2) is 16.0. The third-order valence-electron chi connectivity index (χ3n) is 4.01. The van der Waals surface area contributed by atoms with Gasteiger partial charge in [-0.2, -0.15) is 0 Å². The second-order valence-electron chi connectivity index (χ2n) is 6.35. The molecule has 4 heteroatoms. The fraction of sp³-hybridized carbons (Fsp3) is 0.842. The lowest BCUT2D eigenvalue weighted by Gasteiger charge is -2.19. The van der Waals surface area contributed by atoms with Crippen molar-refractivity contribution in [3.63, 3.8) is 0 Å². The average Bonchev–Trinajstić information content (AvgIpc) is 2.51. The summed E-state index contributed by atoms with van der Waals surface area (Å²) in [4.78, 5) is 11.1. The van der Waals surface area contributed by atoms with Crippen LogP contribution in [-0.2, 0) is 9.53 Å². The van der Waals surface area contributed by atoms with Crippen molar-refractivity contribution < 1.29 is 19.7 Å². The number of unbranched alkanes of at least 4 members (excludes halogenated alkanes) is 9. The Labute approximate surface area is 141 Å². The van der Waals surface area contributed by atoms with Gasteiger partial charge in [-0.15, -0.1) is 6.58 Å². The summed E-state index contributed by atoms with van der Waals surface area (Å²) in [7, 11) is 0. The summed E-state index contributed by atoms with van der Waals surface area (Å²) < 4.78 is 5.20. The molecule has 0 aromatic carbocycles. The molecule has 0 fully saturated rings. The molecule has 0 saturated carbocycles. The predicted molar refractivity (Wildman–Crippen MR) is 94.2 cm³/mol. The monoisotopic (exact) mass is 328 g/mol. The number of hydrogen-bond donors (Lipinski definition) is 2. The van der Waals surface area contributed by atoms with Gasteiger partial charge in [-0.3, -0.25) is 4.79 Å². The highest BCUT2D eigenvalue weighted by Gasteiger charge is 2.16. The maximum Gasteiger partial charge on any atom is 0.302 e. The summed E-state index contributed by atoms with van der Waals surface area (Å²) in [5.41, 5.74) is 0. The van der Waals surface area contributed by atoms with E-state index in [1.807, 2.05) is 6.08 Å². The van der Waals surface area contributed by atoms with E-state index in [4.69, 9.17) is 9.84 Å². The normalized spacial score (nSPS) is 13.5. The van der Waals surface area contributed by atoms with Crippen molar-refractivity contribution >= 4 is 5.97 Å². The molecule has 0 aliphatic carbocycles. The van der Waals surface area contributed by atoms with Gasteiger partial charge in [0.2, 0.25) is 0 Å². The first-order valence-corrected chi connectivity index (χ1v) is 9.17. The van der Waals surface area contributed by atoms with Crippen LogP contribution in [0.2, 0.25) is 0 Å². The quantitative estimate of drug-likeness (QED) is 0.254. The van der Waals surface area contributed by atoms with Gasteiger partial charge >= 0.3 is 5.97 Å². The molecule has 0 bridgehead atoms. The van der Waals surface area contributed by atoms with Crippen LogP contribution in [0, 0.1) is 0 Å². The van der Waals surface area contributed by atoms with Crippen LogP contribution in [0.5, 0.6) is 0 Å². The van der Waals surface area contributed by atoms with E-state index in [1.165, 1.54) is 51.9 Å². The number of aliphatic hydroxyl groups is 2. The lowest BCUT2D eigenvalue weighted by molar-refractivity contribution is -0.148. The van der Waals surface area contributed by atoms with E-state index >= 15 is 0 Å².